The van der Waals surface area contributed by atoms with E-state index in [0.717, 1.165) is 13.1 Å². The summed E-state index contributed by atoms with van der Waals surface area (Å²) in [7, 11) is 4.32. The normalized spacial score (nSPS) is 27.1. The maximum absolute atomic E-state index is 3.46. The molecule has 0 bridgehead atoms. The minimum atomic E-state index is 0.636. The fourth-order valence-electron chi connectivity index (χ4n) is 2.25. The Morgan fingerprint density at radius 3 is 2.50 bits per heavy atom. The van der Waals surface area contributed by atoms with E-state index in [0.29, 0.717) is 12.0 Å². The minimum absolute atomic E-state index is 0.636. The van der Waals surface area contributed by atoms with Crippen molar-refractivity contribution >= 4 is 0 Å². The van der Waals surface area contributed by atoms with Crippen LogP contribution in [0.4, 0.5) is 0 Å². The zero-order chi connectivity index (χ0) is 9.97. The van der Waals surface area contributed by atoms with E-state index in [1.807, 2.05) is 0 Å². The van der Waals surface area contributed by atoms with Gasteiger partial charge >= 0.3 is 0 Å². The van der Waals surface area contributed by atoms with E-state index in [-0.39, 0.29) is 0 Å². The molecule has 1 aromatic rings. The summed E-state index contributed by atoms with van der Waals surface area (Å²) in [5, 5.41) is 3.46. The molecule has 1 heterocycles. The van der Waals surface area contributed by atoms with Crippen LogP contribution in [0.3, 0.4) is 0 Å². The topological polar surface area (TPSA) is 15.3 Å². The van der Waals surface area contributed by atoms with Gasteiger partial charge < -0.3 is 10.2 Å². The maximum atomic E-state index is 3.46. The molecule has 2 atom stereocenters. The Kier molecular flexibility index (Phi) is 2.85. The van der Waals surface area contributed by atoms with Crippen molar-refractivity contribution in [3.63, 3.8) is 0 Å². The van der Waals surface area contributed by atoms with E-state index in [2.05, 4.69) is 54.6 Å². The van der Waals surface area contributed by atoms with Gasteiger partial charge in [-0.3, -0.25) is 0 Å². The maximum Gasteiger partial charge on any atom is 0.0295 e. The van der Waals surface area contributed by atoms with Gasteiger partial charge in [-0.05, 0) is 19.7 Å². The third-order valence-electron chi connectivity index (χ3n) is 3.07. The Hall–Kier alpha value is -0.860. The van der Waals surface area contributed by atoms with E-state index in [1.54, 1.807) is 0 Å². The van der Waals surface area contributed by atoms with E-state index in [1.165, 1.54) is 5.56 Å². The van der Waals surface area contributed by atoms with Crippen LogP contribution in [0.2, 0.25) is 0 Å². The zero-order valence-corrected chi connectivity index (χ0v) is 8.90. The number of hydrogen-bond donors (Lipinski definition) is 1. The van der Waals surface area contributed by atoms with Crippen LogP contribution in [0.15, 0.2) is 30.3 Å². The molecule has 14 heavy (non-hydrogen) atoms. The Morgan fingerprint density at radius 2 is 1.86 bits per heavy atom. The van der Waals surface area contributed by atoms with E-state index >= 15 is 0 Å². The van der Waals surface area contributed by atoms with Crippen LogP contribution in [-0.2, 0) is 0 Å². The van der Waals surface area contributed by atoms with Crippen molar-refractivity contribution in [3.05, 3.63) is 35.9 Å². The molecule has 0 saturated carbocycles. The number of benzene rings is 1. The van der Waals surface area contributed by atoms with Crippen LogP contribution in [0.5, 0.6) is 0 Å². The number of nitrogens with zero attached hydrogens (tertiary/aromatic N) is 1. The lowest BCUT2D eigenvalue weighted by atomic mass is 9.94. The van der Waals surface area contributed by atoms with Crippen molar-refractivity contribution in [2.24, 2.45) is 0 Å². The van der Waals surface area contributed by atoms with Crippen molar-refractivity contribution in [3.8, 4) is 0 Å². The number of likely N-dealkylation sites (N-methyl/N-ethyl adjacent to an activating group) is 1. The molecule has 1 aliphatic heterocycles. The van der Waals surface area contributed by atoms with Gasteiger partial charge in [0.1, 0.15) is 0 Å². The molecule has 76 valence electrons. The summed E-state index contributed by atoms with van der Waals surface area (Å²) in [4.78, 5) is 2.32. The van der Waals surface area contributed by atoms with Crippen molar-refractivity contribution < 1.29 is 0 Å². The lowest BCUT2D eigenvalue weighted by molar-refractivity contribution is 0.291. The van der Waals surface area contributed by atoms with Gasteiger partial charge in [0.25, 0.3) is 0 Å². The second kappa shape index (κ2) is 4.11. The first-order chi connectivity index (χ1) is 6.79. The van der Waals surface area contributed by atoms with Gasteiger partial charge in [-0.2, -0.15) is 0 Å². The highest BCUT2D eigenvalue weighted by Gasteiger charge is 2.29. The first-order valence-corrected chi connectivity index (χ1v) is 5.21. The summed E-state index contributed by atoms with van der Waals surface area (Å²) >= 11 is 0. The standard InChI is InChI=1S/C12H18N2/c1-14(2)12-9-13-8-11(12)10-6-4-3-5-7-10/h3-7,11-13H,8-9H2,1-2H3/t11-,12+/m0/s1. The molecule has 0 amide bonds. The Bertz CT molecular complexity index is 282. The first kappa shape index (κ1) is 9.69. The van der Waals surface area contributed by atoms with Gasteiger partial charge in [0.15, 0.2) is 0 Å². The monoisotopic (exact) mass is 190 g/mol. The summed E-state index contributed by atoms with van der Waals surface area (Å²) in [5.41, 5.74) is 1.45. The molecule has 0 spiro atoms. The Balaban J connectivity index is 2.18. The van der Waals surface area contributed by atoms with Crippen molar-refractivity contribution in [2.45, 2.75) is 12.0 Å². The van der Waals surface area contributed by atoms with Crippen LogP contribution in [0, 0.1) is 0 Å². The van der Waals surface area contributed by atoms with Crippen LogP contribution in [0.25, 0.3) is 0 Å². The molecule has 0 aromatic heterocycles. The van der Waals surface area contributed by atoms with Crippen molar-refractivity contribution in [1.29, 1.82) is 0 Å². The SMILES string of the molecule is CN(C)[C@@H]1CNC[C@H]1c1ccccc1. The highest BCUT2D eigenvalue weighted by atomic mass is 15.2. The molecule has 0 unspecified atom stereocenters. The molecular formula is C12H18N2. The smallest absolute Gasteiger partial charge is 0.0295 e. The van der Waals surface area contributed by atoms with Gasteiger partial charge in [0, 0.05) is 25.0 Å². The van der Waals surface area contributed by atoms with Gasteiger partial charge in [-0.15, -0.1) is 0 Å². The fraction of sp³-hybridized carbons (Fsp3) is 0.500. The zero-order valence-electron chi connectivity index (χ0n) is 8.90. The predicted octanol–water partition coefficient (Wildman–Crippen LogP) is 1.30. The molecule has 1 aliphatic rings. The molecule has 0 radical (unpaired) electrons. The third-order valence-corrected chi connectivity index (χ3v) is 3.07. The largest absolute Gasteiger partial charge is 0.314 e. The first-order valence-electron chi connectivity index (χ1n) is 5.21. The summed E-state index contributed by atoms with van der Waals surface area (Å²) in [5.74, 6) is 0.645. The average Bonchev–Trinajstić information content (AvgIpc) is 2.67. The lowest BCUT2D eigenvalue weighted by Crippen LogP contribution is -2.33. The lowest BCUT2D eigenvalue weighted by Gasteiger charge is -2.25. The van der Waals surface area contributed by atoms with Crippen LogP contribution in [0.1, 0.15) is 11.5 Å². The molecule has 1 N–H and O–H groups in total. The summed E-state index contributed by atoms with van der Waals surface area (Å²) < 4.78 is 0. The van der Waals surface area contributed by atoms with E-state index in [4.69, 9.17) is 0 Å². The van der Waals surface area contributed by atoms with Gasteiger partial charge in [0.05, 0.1) is 0 Å². The fourth-order valence-corrected chi connectivity index (χ4v) is 2.25. The molecule has 0 aliphatic carbocycles. The summed E-state index contributed by atoms with van der Waals surface area (Å²) in [6.07, 6.45) is 0. The van der Waals surface area contributed by atoms with Crippen molar-refractivity contribution in [2.75, 3.05) is 27.2 Å². The molecule has 2 rings (SSSR count). The molecule has 2 nitrogen and oxygen atoms in total. The van der Waals surface area contributed by atoms with Gasteiger partial charge in [-0.25, -0.2) is 0 Å². The average molecular weight is 190 g/mol. The van der Waals surface area contributed by atoms with Crippen LogP contribution >= 0.6 is 0 Å². The van der Waals surface area contributed by atoms with E-state index in [9.17, 15) is 0 Å². The quantitative estimate of drug-likeness (QED) is 0.756. The molecule has 1 saturated heterocycles. The second-order valence-corrected chi connectivity index (χ2v) is 4.21. The number of rotatable bonds is 2. The molecular weight excluding hydrogens is 172 g/mol. The second-order valence-electron chi connectivity index (χ2n) is 4.21. The van der Waals surface area contributed by atoms with Crippen LogP contribution in [-0.4, -0.2) is 38.1 Å². The molecule has 1 fully saturated rings. The van der Waals surface area contributed by atoms with Gasteiger partial charge in [-0.1, -0.05) is 30.3 Å². The number of hydrogen-bond acceptors (Lipinski definition) is 2. The molecule has 2 heteroatoms. The minimum Gasteiger partial charge on any atom is -0.314 e. The van der Waals surface area contributed by atoms with E-state index < -0.39 is 0 Å². The highest BCUT2D eigenvalue weighted by molar-refractivity contribution is 5.23. The molecule has 1 aromatic carbocycles. The summed E-state index contributed by atoms with van der Waals surface area (Å²) in [6.45, 7) is 2.21. The highest BCUT2D eigenvalue weighted by Crippen LogP contribution is 2.24. The number of nitrogens with one attached hydrogen (secondary N) is 1. The van der Waals surface area contributed by atoms with Crippen LogP contribution < -0.4 is 5.32 Å². The van der Waals surface area contributed by atoms with Crippen molar-refractivity contribution in [1.82, 2.24) is 10.2 Å². The Morgan fingerprint density at radius 1 is 1.14 bits per heavy atom. The summed E-state index contributed by atoms with van der Waals surface area (Å²) in [6, 6.07) is 11.4. The van der Waals surface area contributed by atoms with Gasteiger partial charge in [0.2, 0.25) is 0 Å². The predicted molar refractivity (Wildman–Crippen MR) is 59.5 cm³/mol. The third kappa shape index (κ3) is 1.81. The Labute approximate surface area is 85.9 Å².